The summed E-state index contributed by atoms with van der Waals surface area (Å²) in [6.45, 7) is 0.264. The van der Waals surface area contributed by atoms with Gasteiger partial charge in [0, 0.05) is 41.7 Å². The summed E-state index contributed by atoms with van der Waals surface area (Å²) in [6.07, 6.45) is -0.949. The minimum atomic E-state index is -2.87. The van der Waals surface area contributed by atoms with Crippen molar-refractivity contribution >= 4 is 35.2 Å². The van der Waals surface area contributed by atoms with Crippen LogP contribution in [-0.2, 0) is 14.3 Å². The summed E-state index contributed by atoms with van der Waals surface area (Å²) in [6, 6.07) is 8.23. The molecule has 1 saturated heterocycles. The third-order valence-electron chi connectivity index (χ3n) is 6.41. The molecule has 2 aromatic carbocycles. The molecule has 4 rings (SSSR count). The average molecular weight is 524 g/mol. The maximum Gasteiger partial charge on any atom is 0.410 e. The first-order valence-corrected chi connectivity index (χ1v) is 11.8. The highest BCUT2D eigenvalue weighted by Crippen LogP contribution is 2.39. The molecule has 11 heteroatoms. The fourth-order valence-corrected chi connectivity index (χ4v) is 4.93. The van der Waals surface area contributed by atoms with Gasteiger partial charge in [-0.1, -0.05) is 35.9 Å². The molecule has 1 unspecified atom stereocenters. The SMILES string of the molecule is COC(=O)N1CCC[C@H]1C(=O)N(c1cccc(F)c1)C(C(=O)NC1CC(F)(F)C1)c1ccccc1Cl. The van der Waals surface area contributed by atoms with Crippen molar-refractivity contribution in [3.8, 4) is 0 Å². The van der Waals surface area contributed by atoms with Crippen LogP contribution in [0.2, 0.25) is 5.02 Å². The smallest absolute Gasteiger partial charge is 0.410 e. The van der Waals surface area contributed by atoms with E-state index >= 15 is 0 Å². The fraction of sp³-hybridized carbons (Fsp3) is 0.400. The largest absolute Gasteiger partial charge is 0.453 e. The summed E-state index contributed by atoms with van der Waals surface area (Å²) in [5.74, 6) is -4.93. The van der Waals surface area contributed by atoms with E-state index in [4.69, 9.17) is 16.3 Å². The zero-order valence-electron chi connectivity index (χ0n) is 19.4. The van der Waals surface area contributed by atoms with Crippen LogP contribution in [0.1, 0.15) is 37.3 Å². The van der Waals surface area contributed by atoms with Crippen molar-refractivity contribution in [3.05, 3.63) is 64.9 Å². The zero-order valence-corrected chi connectivity index (χ0v) is 20.2. The number of methoxy groups -OCH3 is 1. The monoisotopic (exact) mass is 523 g/mol. The Labute approximate surface area is 211 Å². The lowest BCUT2D eigenvalue weighted by molar-refractivity contribution is -0.133. The van der Waals surface area contributed by atoms with Crippen molar-refractivity contribution in [2.75, 3.05) is 18.6 Å². The molecular formula is C25H25ClF3N3O4. The van der Waals surface area contributed by atoms with Gasteiger partial charge in [-0.2, -0.15) is 0 Å². The third-order valence-corrected chi connectivity index (χ3v) is 6.76. The first-order valence-electron chi connectivity index (χ1n) is 11.5. The predicted octanol–water partition coefficient (Wildman–Crippen LogP) is 4.70. The molecule has 2 aliphatic rings. The number of carbonyl (C=O) groups excluding carboxylic acids is 3. The number of hydrogen-bond acceptors (Lipinski definition) is 4. The number of likely N-dealkylation sites (tertiary alicyclic amines) is 1. The number of hydrogen-bond donors (Lipinski definition) is 1. The van der Waals surface area contributed by atoms with E-state index in [1.54, 1.807) is 12.1 Å². The second kappa shape index (κ2) is 10.4. The van der Waals surface area contributed by atoms with Crippen LogP contribution in [0.25, 0.3) is 0 Å². The van der Waals surface area contributed by atoms with Gasteiger partial charge in [-0.3, -0.25) is 19.4 Å². The highest BCUT2D eigenvalue weighted by molar-refractivity contribution is 6.31. The number of nitrogens with one attached hydrogen (secondary N) is 1. The summed E-state index contributed by atoms with van der Waals surface area (Å²) in [4.78, 5) is 42.3. The second-order valence-corrected chi connectivity index (χ2v) is 9.31. The Kier molecular flexibility index (Phi) is 7.44. The van der Waals surface area contributed by atoms with Crippen molar-refractivity contribution in [2.24, 2.45) is 0 Å². The Balaban J connectivity index is 1.79. The van der Waals surface area contributed by atoms with E-state index in [0.29, 0.717) is 12.8 Å². The highest BCUT2D eigenvalue weighted by Gasteiger charge is 2.48. The Hall–Kier alpha value is -3.27. The van der Waals surface area contributed by atoms with Crippen LogP contribution < -0.4 is 10.2 Å². The van der Waals surface area contributed by atoms with E-state index in [1.807, 2.05) is 0 Å². The number of halogens is 4. The maximum absolute atomic E-state index is 14.3. The highest BCUT2D eigenvalue weighted by atomic mass is 35.5. The van der Waals surface area contributed by atoms with E-state index in [9.17, 15) is 27.6 Å². The van der Waals surface area contributed by atoms with Crippen LogP contribution >= 0.6 is 11.6 Å². The van der Waals surface area contributed by atoms with Gasteiger partial charge in [-0.15, -0.1) is 0 Å². The van der Waals surface area contributed by atoms with Gasteiger partial charge >= 0.3 is 6.09 Å². The lowest BCUT2D eigenvalue weighted by Crippen LogP contribution is -2.56. The molecule has 7 nitrogen and oxygen atoms in total. The number of rotatable bonds is 6. The van der Waals surface area contributed by atoms with Gasteiger partial charge in [0.2, 0.25) is 5.91 Å². The van der Waals surface area contributed by atoms with E-state index in [-0.39, 0.29) is 22.8 Å². The fourth-order valence-electron chi connectivity index (χ4n) is 4.69. The number of anilines is 1. The molecule has 2 atom stereocenters. The summed E-state index contributed by atoms with van der Waals surface area (Å²) >= 11 is 6.42. The van der Waals surface area contributed by atoms with E-state index in [2.05, 4.69) is 5.32 Å². The molecule has 1 aliphatic heterocycles. The maximum atomic E-state index is 14.3. The summed E-state index contributed by atoms with van der Waals surface area (Å²) < 4.78 is 46.0. The molecule has 0 spiro atoms. The van der Waals surface area contributed by atoms with Crippen molar-refractivity contribution in [1.29, 1.82) is 0 Å². The van der Waals surface area contributed by atoms with Gasteiger partial charge in [0.15, 0.2) is 0 Å². The van der Waals surface area contributed by atoms with Crippen molar-refractivity contribution in [1.82, 2.24) is 10.2 Å². The molecule has 1 heterocycles. The summed E-state index contributed by atoms with van der Waals surface area (Å²) in [5, 5.41) is 2.74. The minimum Gasteiger partial charge on any atom is -0.453 e. The molecule has 1 aliphatic carbocycles. The number of ether oxygens (including phenoxy) is 1. The van der Waals surface area contributed by atoms with Crippen molar-refractivity contribution in [2.45, 2.75) is 49.7 Å². The van der Waals surface area contributed by atoms with Crippen LogP contribution in [0.5, 0.6) is 0 Å². The molecule has 1 saturated carbocycles. The Morgan fingerprint density at radius 1 is 1.17 bits per heavy atom. The van der Waals surface area contributed by atoms with Crippen LogP contribution in [0.4, 0.5) is 23.7 Å². The van der Waals surface area contributed by atoms with Gasteiger partial charge in [0.1, 0.15) is 17.9 Å². The van der Waals surface area contributed by atoms with Gasteiger partial charge in [0.25, 0.3) is 11.8 Å². The van der Waals surface area contributed by atoms with E-state index < -0.39 is 60.6 Å². The molecule has 0 radical (unpaired) electrons. The predicted molar refractivity (Wildman–Crippen MR) is 126 cm³/mol. The van der Waals surface area contributed by atoms with Crippen LogP contribution in [0, 0.1) is 5.82 Å². The molecule has 0 aromatic heterocycles. The first kappa shape index (κ1) is 25.8. The quantitative estimate of drug-likeness (QED) is 0.595. The lowest BCUT2D eigenvalue weighted by Gasteiger charge is -2.39. The minimum absolute atomic E-state index is 0.0516. The Morgan fingerprint density at radius 3 is 2.53 bits per heavy atom. The van der Waals surface area contributed by atoms with Gasteiger partial charge in [-0.05, 0) is 37.1 Å². The molecule has 1 N–H and O–H groups in total. The van der Waals surface area contributed by atoms with Crippen LogP contribution in [0.3, 0.4) is 0 Å². The molecule has 2 fully saturated rings. The molecule has 2 aromatic rings. The second-order valence-electron chi connectivity index (χ2n) is 8.90. The molecular weight excluding hydrogens is 499 g/mol. The number of nitrogens with zero attached hydrogens (tertiary/aromatic N) is 2. The van der Waals surface area contributed by atoms with Gasteiger partial charge < -0.3 is 10.1 Å². The summed E-state index contributed by atoms with van der Waals surface area (Å²) in [5.41, 5.74) is 0.277. The normalized spacial score (nSPS) is 19.8. The van der Waals surface area contributed by atoms with Gasteiger partial charge in [0.05, 0.1) is 7.11 Å². The van der Waals surface area contributed by atoms with Crippen molar-refractivity contribution < 1.29 is 32.3 Å². The lowest BCUT2D eigenvalue weighted by atomic mass is 9.87. The topological polar surface area (TPSA) is 79.0 Å². The number of amides is 3. The van der Waals surface area contributed by atoms with Crippen molar-refractivity contribution in [3.63, 3.8) is 0 Å². The van der Waals surface area contributed by atoms with E-state index in [0.717, 1.165) is 11.0 Å². The van der Waals surface area contributed by atoms with Crippen LogP contribution in [-0.4, -0.2) is 54.5 Å². The van der Waals surface area contributed by atoms with Crippen LogP contribution in [0.15, 0.2) is 48.5 Å². The van der Waals surface area contributed by atoms with Gasteiger partial charge in [-0.25, -0.2) is 18.0 Å². The van der Waals surface area contributed by atoms with E-state index in [1.165, 1.54) is 42.3 Å². The molecule has 0 bridgehead atoms. The standard InChI is InChI=1S/C25H25ClF3N3O4/c1-36-24(35)31-11-5-10-20(31)23(34)32(17-7-4-6-15(27)12-17)21(18-8-2-3-9-19(18)26)22(33)30-16-13-25(28,29)14-16/h2-4,6-9,12,16,20-21H,5,10-11,13-14H2,1H3,(H,30,33)/t20-,21?/m0/s1. The number of benzene rings is 2. The third kappa shape index (κ3) is 5.28. The Morgan fingerprint density at radius 2 is 1.89 bits per heavy atom. The molecule has 192 valence electrons. The first-order chi connectivity index (χ1) is 17.1. The number of carbonyl (C=O) groups is 3. The summed E-state index contributed by atoms with van der Waals surface area (Å²) in [7, 11) is 1.20. The molecule has 3 amide bonds. The zero-order chi connectivity index (χ0) is 26.0. The molecule has 36 heavy (non-hydrogen) atoms. The average Bonchev–Trinajstić information content (AvgIpc) is 3.31. The number of alkyl halides is 2. The Bertz CT molecular complexity index is 1160.